The molecule has 0 fully saturated rings. The lowest BCUT2D eigenvalue weighted by molar-refractivity contribution is -0.384. The van der Waals surface area contributed by atoms with E-state index in [1.54, 1.807) is 12.3 Å². The summed E-state index contributed by atoms with van der Waals surface area (Å²) in [7, 11) is 0. The van der Waals surface area contributed by atoms with E-state index in [9.17, 15) is 10.1 Å². The maximum Gasteiger partial charge on any atom is 0.269 e. The average molecular weight is 309 g/mol. The average Bonchev–Trinajstić information content (AvgIpc) is 2.40. The van der Waals surface area contributed by atoms with Crippen LogP contribution in [-0.2, 0) is 5.33 Å². The minimum Gasteiger partial charge on any atom is -0.439 e. The number of rotatable bonds is 4. The lowest BCUT2D eigenvalue weighted by Gasteiger charge is -2.04. The fraction of sp³-hybridized carbons (Fsp3) is 0.0833. The summed E-state index contributed by atoms with van der Waals surface area (Å²) in [4.78, 5) is 14.2. The third-order valence-electron chi connectivity index (χ3n) is 2.22. The molecule has 2 aromatic rings. The van der Waals surface area contributed by atoms with Gasteiger partial charge in [-0.15, -0.1) is 0 Å². The number of halogens is 1. The zero-order valence-corrected chi connectivity index (χ0v) is 10.8. The van der Waals surface area contributed by atoms with Gasteiger partial charge in [0.2, 0.25) is 5.88 Å². The van der Waals surface area contributed by atoms with Gasteiger partial charge in [-0.3, -0.25) is 10.1 Å². The Morgan fingerprint density at radius 3 is 2.44 bits per heavy atom. The highest BCUT2D eigenvalue weighted by molar-refractivity contribution is 9.08. The Labute approximate surface area is 112 Å². The number of hydrogen-bond donors (Lipinski definition) is 0. The largest absolute Gasteiger partial charge is 0.439 e. The minimum atomic E-state index is -0.452. The SMILES string of the molecule is O=[N+]([O-])c1ccc(Oc2ccc(CBr)cn2)cc1. The molecule has 1 aromatic heterocycles. The van der Waals surface area contributed by atoms with Crippen LogP contribution in [0, 0.1) is 10.1 Å². The number of nitro benzene ring substituents is 1. The van der Waals surface area contributed by atoms with Crippen LogP contribution in [0.25, 0.3) is 0 Å². The van der Waals surface area contributed by atoms with E-state index in [-0.39, 0.29) is 5.69 Å². The number of nitro groups is 1. The molecule has 0 unspecified atom stereocenters. The van der Waals surface area contributed by atoms with Gasteiger partial charge in [-0.1, -0.05) is 22.0 Å². The van der Waals surface area contributed by atoms with E-state index in [4.69, 9.17) is 4.74 Å². The molecule has 2 rings (SSSR count). The molecule has 0 saturated carbocycles. The van der Waals surface area contributed by atoms with Crippen molar-refractivity contribution in [3.63, 3.8) is 0 Å². The monoisotopic (exact) mass is 308 g/mol. The smallest absolute Gasteiger partial charge is 0.269 e. The molecule has 1 heterocycles. The number of pyridine rings is 1. The molecule has 1 aromatic carbocycles. The number of aromatic nitrogens is 1. The van der Waals surface area contributed by atoms with Gasteiger partial charge in [0.1, 0.15) is 5.75 Å². The number of ether oxygens (including phenoxy) is 1. The first-order valence-corrected chi connectivity index (χ1v) is 6.24. The maximum absolute atomic E-state index is 10.5. The van der Waals surface area contributed by atoms with Crippen molar-refractivity contribution in [1.29, 1.82) is 0 Å². The zero-order valence-electron chi connectivity index (χ0n) is 9.25. The van der Waals surface area contributed by atoms with Crippen molar-refractivity contribution in [2.24, 2.45) is 0 Å². The van der Waals surface area contributed by atoms with E-state index in [2.05, 4.69) is 20.9 Å². The van der Waals surface area contributed by atoms with Crippen molar-refractivity contribution < 1.29 is 9.66 Å². The summed E-state index contributed by atoms with van der Waals surface area (Å²) in [5.41, 5.74) is 1.08. The predicted molar refractivity (Wildman–Crippen MR) is 70.0 cm³/mol. The number of benzene rings is 1. The Bertz CT molecular complexity index is 540. The Morgan fingerprint density at radius 2 is 1.94 bits per heavy atom. The summed E-state index contributed by atoms with van der Waals surface area (Å²) in [5, 5.41) is 11.2. The van der Waals surface area contributed by atoms with Gasteiger partial charge in [0.15, 0.2) is 0 Å². The fourth-order valence-corrected chi connectivity index (χ4v) is 1.64. The summed E-state index contributed by atoms with van der Waals surface area (Å²) >= 11 is 3.33. The van der Waals surface area contributed by atoms with Gasteiger partial charge < -0.3 is 4.74 Å². The van der Waals surface area contributed by atoms with Gasteiger partial charge in [-0.25, -0.2) is 4.98 Å². The molecule has 0 atom stereocenters. The Balaban J connectivity index is 2.10. The van der Waals surface area contributed by atoms with Crippen LogP contribution in [0.3, 0.4) is 0 Å². The van der Waals surface area contributed by atoms with Gasteiger partial charge in [0.05, 0.1) is 4.92 Å². The Morgan fingerprint density at radius 1 is 1.22 bits per heavy atom. The normalized spacial score (nSPS) is 10.1. The van der Waals surface area contributed by atoms with E-state index >= 15 is 0 Å². The van der Waals surface area contributed by atoms with Crippen LogP contribution < -0.4 is 4.74 Å². The second-order valence-electron chi connectivity index (χ2n) is 3.49. The molecule has 0 saturated heterocycles. The highest BCUT2D eigenvalue weighted by atomic mass is 79.9. The van der Waals surface area contributed by atoms with E-state index in [1.165, 1.54) is 24.3 Å². The molecule has 5 nitrogen and oxygen atoms in total. The fourth-order valence-electron chi connectivity index (χ4n) is 1.31. The van der Waals surface area contributed by atoms with Gasteiger partial charge in [-0.2, -0.15) is 0 Å². The zero-order chi connectivity index (χ0) is 13.0. The van der Waals surface area contributed by atoms with E-state index in [0.29, 0.717) is 11.6 Å². The molecule has 6 heteroatoms. The van der Waals surface area contributed by atoms with Crippen molar-refractivity contribution in [1.82, 2.24) is 4.98 Å². The van der Waals surface area contributed by atoms with Crippen LogP contribution in [0.5, 0.6) is 11.6 Å². The summed E-state index contributed by atoms with van der Waals surface area (Å²) < 4.78 is 5.46. The Hall–Kier alpha value is -1.95. The van der Waals surface area contributed by atoms with Crippen LogP contribution in [0.15, 0.2) is 42.6 Å². The van der Waals surface area contributed by atoms with E-state index in [0.717, 1.165) is 10.9 Å². The van der Waals surface area contributed by atoms with Crippen LogP contribution in [0.4, 0.5) is 5.69 Å². The second kappa shape index (κ2) is 5.59. The molecule has 0 N–H and O–H groups in total. The molecule has 0 aliphatic heterocycles. The van der Waals surface area contributed by atoms with Crippen molar-refractivity contribution >= 4 is 21.6 Å². The second-order valence-corrected chi connectivity index (χ2v) is 4.05. The van der Waals surface area contributed by atoms with Crippen molar-refractivity contribution in [3.05, 3.63) is 58.3 Å². The molecule has 0 radical (unpaired) electrons. The summed E-state index contributed by atoms with van der Waals surface area (Å²) in [5.74, 6) is 0.966. The quantitative estimate of drug-likeness (QED) is 0.491. The van der Waals surface area contributed by atoms with Crippen LogP contribution in [-0.4, -0.2) is 9.91 Å². The third kappa shape index (κ3) is 3.04. The van der Waals surface area contributed by atoms with Gasteiger partial charge in [0, 0.05) is 29.7 Å². The molecule has 0 aliphatic carbocycles. The van der Waals surface area contributed by atoms with Crippen molar-refractivity contribution in [3.8, 4) is 11.6 Å². The summed E-state index contributed by atoms with van der Waals surface area (Å²) in [6.07, 6.45) is 1.70. The Kier molecular flexibility index (Phi) is 3.88. The molecule has 0 spiro atoms. The molecule has 0 bridgehead atoms. The first-order chi connectivity index (χ1) is 8.69. The van der Waals surface area contributed by atoms with Crippen LogP contribution in [0.1, 0.15) is 5.56 Å². The number of non-ortho nitro benzene ring substituents is 1. The summed E-state index contributed by atoms with van der Waals surface area (Å²) in [6, 6.07) is 9.50. The maximum atomic E-state index is 10.5. The van der Waals surface area contributed by atoms with E-state index < -0.39 is 4.92 Å². The van der Waals surface area contributed by atoms with Gasteiger partial charge >= 0.3 is 0 Å². The molecular formula is C12H9BrN2O3. The number of nitrogens with zero attached hydrogens (tertiary/aromatic N) is 2. The number of alkyl halides is 1. The highest BCUT2D eigenvalue weighted by Crippen LogP contribution is 2.22. The molecular weight excluding hydrogens is 300 g/mol. The predicted octanol–water partition coefficient (Wildman–Crippen LogP) is 3.68. The lowest BCUT2D eigenvalue weighted by atomic mass is 10.3. The first-order valence-electron chi connectivity index (χ1n) is 5.12. The molecule has 0 amide bonds. The van der Waals surface area contributed by atoms with Gasteiger partial charge in [0.25, 0.3) is 5.69 Å². The summed E-state index contributed by atoms with van der Waals surface area (Å²) in [6.45, 7) is 0. The standard InChI is InChI=1S/C12H9BrN2O3/c13-7-9-1-6-12(14-8-9)18-11-4-2-10(3-5-11)15(16)17/h1-6,8H,7H2. The molecule has 92 valence electrons. The molecule has 18 heavy (non-hydrogen) atoms. The van der Waals surface area contributed by atoms with Gasteiger partial charge in [-0.05, 0) is 17.7 Å². The minimum absolute atomic E-state index is 0.0324. The molecule has 0 aliphatic rings. The first kappa shape index (κ1) is 12.5. The number of hydrogen-bond acceptors (Lipinski definition) is 4. The van der Waals surface area contributed by atoms with E-state index in [1.807, 2.05) is 6.07 Å². The highest BCUT2D eigenvalue weighted by Gasteiger charge is 2.05. The van der Waals surface area contributed by atoms with Crippen molar-refractivity contribution in [2.75, 3.05) is 0 Å². The topological polar surface area (TPSA) is 65.3 Å². The van der Waals surface area contributed by atoms with Crippen LogP contribution in [0.2, 0.25) is 0 Å². The van der Waals surface area contributed by atoms with Crippen LogP contribution >= 0.6 is 15.9 Å². The third-order valence-corrected chi connectivity index (χ3v) is 2.87. The lowest BCUT2D eigenvalue weighted by Crippen LogP contribution is -1.90. The van der Waals surface area contributed by atoms with Crippen molar-refractivity contribution in [2.45, 2.75) is 5.33 Å².